The Hall–Kier alpha value is -1.89. The molecule has 0 saturated carbocycles. The van der Waals surface area contributed by atoms with Crippen LogP contribution in [0.5, 0.6) is 0 Å². The Morgan fingerprint density at radius 1 is 1.58 bits per heavy atom. The highest BCUT2D eigenvalue weighted by atomic mass is 32.1. The number of carboxylic acid groups (broad SMARTS) is 1. The first-order chi connectivity index (χ1) is 8.93. The van der Waals surface area contributed by atoms with Gasteiger partial charge in [0.25, 0.3) is 0 Å². The number of nitrogens with zero attached hydrogens (tertiary/aromatic N) is 1. The van der Waals surface area contributed by atoms with Gasteiger partial charge in [0, 0.05) is 6.04 Å². The third kappa shape index (κ3) is 4.70. The monoisotopic (exact) mass is 283 g/mol. The smallest absolute Gasteiger partial charge is 0.347 e. The number of carboxylic acids is 1. The maximum absolute atomic E-state index is 11.5. The van der Waals surface area contributed by atoms with Gasteiger partial charge in [-0.05, 0) is 20.3 Å². The van der Waals surface area contributed by atoms with Crippen molar-refractivity contribution in [2.45, 2.75) is 32.9 Å². The molecule has 104 valence electrons. The molecule has 1 atom stereocenters. The number of aromatic nitrogens is 1. The summed E-state index contributed by atoms with van der Waals surface area (Å²) in [4.78, 5) is 26.7. The van der Waals surface area contributed by atoms with Gasteiger partial charge in [-0.25, -0.2) is 14.6 Å². The second kappa shape index (κ2) is 6.89. The Morgan fingerprint density at radius 2 is 2.26 bits per heavy atom. The molecule has 2 amide bonds. The molecule has 1 aromatic rings. The van der Waals surface area contributed by atoms with Crippen LogP contribution in [0.15, 0.2) is 12.7 Å². The minimum Gasteiger partial charge on any atom is -0.477 e. The number of hydrogen-bond acceptors (Lipinski definition) is 4. The summed E-state index contributed by atoms with van der Waals surface area (Å²) < 4.78 is 0. The van der Waals surface area contributed by atoms with Gasteiger partial charge in [-0.2, -0.15) is 0 Å². The molecule has 1 heterocycles. The molecular weight excluding hydrogens is 266 g/mol. The molecule has 0 spiro atoms. The molecule has 3 N–H and O–H groups in total. The lowest BCUT2D eigenvalue weighted by Crippen LogP contribution is -2.40. The van der Waals surface area contributed by atoms with Crippen LogP contribution in [0.25, 0.3) is 0 Å². The van der Waals surface area contributed by atoms with Crippen LogP contribution in [0.2, 0.25) is 0 Å². The Labute approximate surface area is 115 Å². The number of thiazole rings is 1. The van der Waals surface area contributed by atoms with Crippen molar-refractivity contribution in [2.24, 2.45) is 0 Å². The zero-order valence-corrected chi connectivity index (χ0v) is 11.7. The number of aromatic carboxylic acids is 1. The van der Waals surface area contributed by atoms with E-state index in [2.05, 4.69) is 22.2 Å². The lowest BCUT2D eigenvalue weighted by Gasteiger charge is -2.11. The number of rotatable bonds is 6. The summed E-state index contributed by atoms with van der Waals surface area (Å²) in [6.07, 6.45) is 2.42. The molecule has 0 radical (unpaired) electrons. The van der Waals surface area contributed by atoms with E-state index in [4.69, 9.17) is 5.11 Å². The van der Waals surface area contributed by atoms with Crippen molar-refractivity contribution in [1.29, 1.82) is 0 Å². The summed E-state index contributed by atoms with van der Waals surface area (Å²) in [6.45, 7) is 7.32. The zero-order valence-electron chi connectivity index (χ0n) is 10.9. The molecule has 1 unspecified atom stereocenters. The lowest BCUT2D eigenvalue weighted by atomic mass is 10.2. The van der Waals surface area contributed by atoms with Crippen LogP contribution in [-0.2, 0) is 6.54 Å². The van der Waals surface area contributed by atoms with E-state index in [-0.39, 0.29) is 23.5 Å². The van der Waals surface area contributed by atoms with E-state index < -0.39 is 5.97 Å². The van der Waals surface area contributed by atoms with Crippen LogP contribution in [0.1, 0.15) is 33.7 Å². The quantitative estimate of drug-likeness (QED) is 0.695. The number of nitrogens with one attached hydrogen (secondary N) is 2. The van der Waals surface area contributed by atoms with E-state index in [9.17, 15) is 9.59 Å². The Morgan fingerprint density at radius 3 is 2.79 bits per heavy atom. The molecule has 0 aliphatic rings. The number of amides is 2. The Balaban J connectivity index is 2.48. The maximum atomic E-state index is 11.5. The molecule has 6 nitrogen and oxygen atoms in total. The third-order valence-corrected chi connectivity index (χ3v) is 3.48. The van der Waals surface area contributed by atoms with Gasteiger partial charge in [0.05, 0.1) is 12.2 Å². The highest BCUT2D eigenvalue weighted by Gasteiger charge is 2.14. The lowest BCUT2D eigenvalue weighted by molar-refractivity contribution is 0.0701. The van der Waals surface area contributed by atoms with E-state index in [1.165, 1.54) is 0 Å². The summed E-state index contributed by atoms with van der Waals surface area (Å²) in [5, 5.41) is 14.8. The molecule has 0 saturated heterocycles. The van der Waals surface area contributed by atoms with Gasteiger partial charge in [-0.15, -0.1) is 17.9 Å². The molecule has 1 aromatic heterocycles. The summed E-state index contributed by atoms with van der Waals surface area (Å²) >= 11 is 1.07. The summed E-state index contributed by atoms with van der Waals surface area (Å²) in [5.74, 6) is -0.995. The SMILES string of the molecule is C=CCC(C)NC(=O)NCc1nc(C)c(C(=O)O)s1. The van der Waals surface area contributed by atoms with Gasteiger partial charge in [0.1, 0.15) is 9.88 Å². The van der Waals surface area contributed by atoms with Gasteiger partial charge < -0.3 is 15.7 Å². The summed E-state index contributed by atoms with van der Waals surface area (Å²) in [6, 6.07) is -0.302. The zero-order chi connectivity index (χ0) is 14.4. The maximum Gasteiger partial charge on any atom is 0.347 e. The summed E-state index contributed by atoms with van der Waals surface area (Å²) in [5.41, 5.74) is 0.467. The third-order valence-electron chi connectivity index (χ3n) is 2.33. The van der Waals surface area contributed by atoms with Gasteiger partial charge in [-0.3, -0.25) is 0 Å². The second-order valence-electron chi connectivity index (χ2n) is 4.08. The van der Waals surface area contributed by atoms with Crippen molar-refractivity contribution in [2.75, 3.05) is 0 Å². The minimum atomic E-state index is -0.995. The van der Waals surface area contributed by atoms with Gasteiger partial charge in [0.15, 0.2) is 0 Å². The van der Waals surface area contributed by atoms with Crippen molar-refractivity contribution < 1.29 is 14.7 Å². The summed E-state index contributed by atoms with van der Waals surface area (Å²) in [7, 11) is 0. The fourth-order valence-electron chi connectivity index (χ4n) is 1.47. The van der Waals surface area contributed by atoms with Crippen molar-refractivity contribution in [3.8, 4) is 0 Å². The molecule has 7 heteroatoms. The molecule has 19 heavy (non-hydrogen) atoms. The minimum absolute atomic E-state index is 0.00473. The standard InChI is InChI=1S/C12H17N3O3S/c1-4-5-7(2)14-12(18)13-6-9-15-8(3)10(19-9)11(16)17/h4,7H,1,5-6H2,2-3H3,(H,16,17)(H2,13,14,18). The highest BCUT2D eigenvalue weighted by molar-refractivity contribution is 7.13. The molecule has 0 fully saturated rings. The van der Waals surface area contributed by atoms with E-state index in [0.717, 1.165) is 11.3 Å². The van der Waals surface area contributed by atoms with E-state index >= 15 is 0 Å². The first-order valence-corrected chi connectivity index (χ1v) is 6.60. The van der Waals surface area contributed by atoms with Gasteiger partial charge in [0.2, 0.25) is 0 Å². The number of aryl methyl sites for hydroxylation is 1. The fourth-order valence-corrected chi connectivity index (χ4v) is 2.31. The topological polar surface area (TPSA) is 91.3 Å². The van der Waals surface area contributed by atoms with Crippen molar-refractivity contribution in [3.63, 3.8) is 0 Å². The predicted molar refractivity (Wildman–Crippen MR) is 73.5 cm³/mol. The van der Waals surface area contributed by atoms with E-state index in [1.807, 2.05) is 6.92 Å². The average molecular weight is 283 g/mol. The van der Waals surface area contributed by atoms with E-state index in [0.29, 0.717) is 17.1 Å². The number of urea groups is 1. The van der Waals surface area contributed by atoms with Gasteiger partial charge in [-0.1, -0.05) is 6.08 Å². The Kier molecular flexibility index (Phi) is 5.50. The number of carbonyl (C=O) groups excluding carboxylic acids is 1. The molecule has 1 rings (SSSR count). The first-order valence-electron chi connectivity index (χ1n) is 5.79. The van der Waals surface area contributed by atoms with Crippen LogP contribution in [0.3, 0.4) is 0 Å². The molecule has 0 aromatic carbocycles. The Bertz CT molecular complexity index is 485. The second-order valence-corrected chi connectivity index (χ2v) is 5.16. The normalized spacial score (nSPS) is 11.7. The van der Waals surface area contributed by atoms with Crippen molar-refractivity contribution >= 4 is 23.3 Å². The highest BCUT2D eigenvalue weighted by Crippen LogP contribution is 2.17. The first kappa shape index (κ1) is 15.2. The molecule has 0 aliphatic carbocycles. The predicted octanol–water partition coefficient (Wildman–Crippen LogP) is 1.91. The average Bonchev–Trinajstić information content (AvgIpc) is 2.68. The van der Waals surface area contributed by atoms with Gasteiger partial charge >= 0.3 is 12.0 Å². The number of hydrogen-bond donors (Lipinski definition) is 3. The molecule has 0 aliphatic heterocycles. The van der Waals surface area contributed by atoms with Crippen LogP contribution in [0, 0.1) is 6.92 Å². The largest absolute Gasteiger partial charge is 0.477 e. The fraction of sp³-hybridized carbons (Fsp3) is 0.417. The van der Waals surface area contributed by atoms with Crippen LogP contribution < -0.4 is 10.6 Å². The van der Waals surface area contributed by atoms with E-state index in [1.54, 1.807) is 13.0 Å². The van der Waals surface area contributed by atoms with Crippen LogP contribution in [0.4, 0.5) is 4.79 Å². The van der Waals surface area contributed by atoms with Crippen LogP contribution >= 0.6 is 11.3 Å². The van der Waals surface area contributed by atoms with Crippen molar-refractivity contribution in [1.82, 2.24) is 15.6 Å². The van der Waals surface area contributed by atoms with Crippen molar-refractivity contribution in [3.05, 3.63) is 28.2 Å². The number of carbonyl (C=O) groups is 2. The van der Waals surface area contributed by atoms with Crippen LogP contribution in [-0.4, -0.2) is 28.1 Å². The molecule has 0 bridgehead atoms. The molecular formula is C12H17N3O3S.